The molecule has 0 aromatic rings. The van der Waals surface area contributed by atoms with Crippen LogP contribution in [0.5, 0.6) is 0 Å². The lowest BCUT2D eigenvalue weighted by Crippen LogP contribution is -2.37. The Morgan fingerprint density at radius 1 is 1.56 bits per heavy atom. The highest BCUT2D eigenvalue weighted by molar-refractivity contribution is 6.05. The van der Waals surface area contributed by atoms with Crippen LogP contribution < -0.4 is 0 Å². The zero-order valence-electron chi connectivity index (χ0n) is 10.0. The second-order valence-electron chi connectivity index (χ2n) is 4.90. The van der Waals surface area contributed by atoms with Gasteiger partial charge in [-0.05, 0) is 18.4 Å². The van der Waals surface area contributed by atoms with E-state index in [1.165, 1.54) is 0 Å². The molecule has 2 aliphatic rings. The molecule has 1 aliphatic heterocycles. The maximum Gasteiger partial charge on any atom is 0.199 e. The monoisotopic (exact) mass is 222 g/mol. The minimum absolute atomic E-state index is 0.00112. The predicted molar refractivity (Wildman–Crippen MR) is 60.6 cm³/mol. The number of ketones is 1. The van der Waals surface area contributed by atoms with Crippen LogP contribution in [-0.4, -0.2) is 18.7 Å². The minimum atomic E-state index is -0.211. The van der Waals surface area contributed by atoms with Crippen LogP contribution in [-0.2, 0) is 14.3 Å². The molecule has 0 saturated heterocycles. The Bertz CT molecular complexity index is 352. The molecule has 0 spiro atoms. The highest BCUT2D eigenvalue weighted by Gasteiger charge is 2.40. The normalized spacial score (nSPS) is 31.7. The number of carbonyl (C=O) groups excluding carboxylic acids is 1. The maximum absolute atomic E-state index is 11.7. The fraction of sp³-hybridized carbons (Fsp3) is 0.615. The molecule has 2 atom stereocenters. The Balaban J connectivity index is 2.25. The summed E-state index contributed by atoms with van der Waals surface area (Å²) in [5, 5.41) is 0. The summed E-state index contributed by atoms with van der Waals surface area (Å²) in [5.41, 5.74) is 0.780. The first-order valence-corrected chi connectivity index (χ1v) is 5.75. The van der Waals surface area contributed by atoms with Gasteiger partial charge < -0.3 is 9.47 Å². The van der Waals surface area contributed by atoms with Gasteiger partial charge in [0.05, 0.1) is 6.26 Å². The first-order valence-electron chi connectivity index (χ1n) is 5.75. The summed E-state index contributed by atoms with van der Waals surface area (Å²) in [6, 6.07) is 0. The Morgan fingerprint density at radius 3 is 3.00 bits per heavy atom. The molecule has 16 heavy (non-hydrogen) atoms. The van der Waals surface area contributed by atoms with Crippen molar-refractivity contribution < 1.29 is 14.3 Å². The molecule has 2 rings (SSSR count). The molecule has 3 nitrogen and oxygen atoms in total. The molecule has 0 fully saturated rings. The highest BCUT2D eigenvalue weighted by Crippen LogP contribution is 2.43. The summed E-state index contributed by atoms with van der Waals surface area (Å²) < 4.78 is 10.9. The number of ether oxygens (including phenoxy) is 2. The average molecular weight is 222 g/mol. The number of allylic oxidation sites excluding steroid dienone is 3. The molecule has 0 amide bonds. The van der Waals surface area contributed by atoms with Gasteiger partial charge in [-0.1, -0.05) is 19.9 Å². The van der Waals surface area contributed by atoms with Gasteiger partial charge in [-0.3, -0.25) is 4.79 Å². The summed E-state index contributed by atoms with van der Waals surface area (Å²) in [4.78, 5) is 11.7. The first kappa shape index (κ1) is 11.4. The zero-order chi connectivity index (χ0) is 11.8. The van der Waals surface area contributed by atoms with Crippen LogP contribution in [0.25, 0.3) is 0 Å². The third-order valence-corrected chi connectivity index (χ3v) is 3.35. The fourth-order valence-corrected chi connectivity index (χ4v) is 2.34. The summed E-state index contributed by atoms with van der Waals surface area (Å²) in [6.45, 7) is 6.86. The minimum Gasteiger partial charge on any atom is -0.472 e. The van der Waals surface area contributed by atoms with Crippen LogP contribution in [0, 0.1) is 11.3 Å². The van der Waals surface area contributed by atoms with E-state index in [-0.39, 0.29) is 23.4 Å². The topological polar surface area (TPSA) is 35.5 Å². The van der Waals surface area contributed by atoms with Crippen LogP contribution in [0.2, 0.25) is 0 Å². The van der Waals surface area contributed by atoms with Crippen LogP contribution in [0.15, 0.2) is 24.0 Å². The Kier molecular flexibility index (Phi) is 2.89. The van der Waals surface area contributed by atoms with Crippen LogP contribution in [0.4, 0.5) is 0 Å². The van der Waals surface area contributed by atoms with Gasteiger partial charge in [0.2, 0.25) is 0 Å². The van der Waals surface area contributed by atoms with Gasteiger partial charge in [-0.15, -0.1) is 0 Å². The van der Waals surface area contributed by atoms with E-state index in [2.05, 4.69) is 13.8 Å². The van der Waals surface area contributed by atoms with Crippen molar-refractivity contribution in [3.63, 3.8) is 0 Å². The van der Waals surface area contributed by atoms with Gasteiger partial charge in [0.15, 0.2) is 12.1 Å². The van der Waals surface area contributed by atoms with Gasteiger partial charge in [0.1, 0.15) is 0 Å². The summed E-state index contributed by atoms with van der Waals surface area (Å²) in [7, 11) is 0. The van der Waals surface area contributed by atoms with Gasteiger partial charge >= 0.3 is 0 Å². The second-order valence-corrected chi connectivity index (χ2v) is 4.90. The average Bonchev–Trinajstić information content (AvgIpc) is 2.25. The molecule has 1 aliphatic carbocycles. The first-order chi connectivity index (χ1) is 7.54. The van der Waals surface area contributed by atoms with E-state index in [4.69, 9.17) is 9.47 Å². The van der Waals surface area contributed by atoms with Crippen LogP contribution in [0.1, 0.15) is 27.2 Å². The summed E-state index contributed by atoms with van der Waals surface area (Å²) in [6.07, 6.45) is 5.76. The molecule has 0 aromatic heterocycles. The van der Waals surface area contributed by atoms with Crippen molar-refractivity contribution in [1.29, 1.82) is 0 Å². The van der Waals surface area contributed by atoms with Gasteiger partial charge in [0, 0.05) is 24.5 Å². The van der Waals surface area contributed by atoms with E-state index in [1.807, 2.05) is 13.0 Å². The van der Waals surface area contributed by atoms with E-state index in [1.54, 1.807) is 12.3 Å². The lowest BCUT2D eigenvalue weighted by atomic mass is 9.68. The Hall–Kier alpha value is -1.09. The summed E-state index contributed by atoms with van der Waals surface area (Å²) in [5.74, 6) is 0.273. The number of carbonyl (C=O) groups is 1. The SMILES string of the molecule is CCO[C@@H]1C[C@H]2C(=CO1)C(=O)C=CC2(C)C. The van der Waals surface area contributed by atoms with Gasteiger partial charge in [-0.25, -0.2) is 0 Å². The van der Waals surface area contributed by atoms with E-state index < -0.39 is 0 Å². The molecule has 88 valence electrons. The van der Waals surface area contributed by atoms with E-state index in [0.717, 1.165) is 12.0 Å². The number of hydrogen-bond donors (Lipinski definition) is 0. The number of rotatable bonds is 2. The molecule has 0 N–H and O–H groups in total. The number of hydrogen-bond acceptors (Lipinski definition) is 3. The lowest BCUT2D eigenvalue weighted by Gasteiger charge is -2.39. The maximum atomic E-state index is 11.7. The summed E-state index contributed by atoms with van der Waals surface area (Å²) >= 11 is 0. The molecular formula is C13H18O3. The molecule has 0 aromatic carbocycles. The van der Waals surface area contributed by atoms with E-state index in [0.29, 0.717) is 6.61 Å². The quantitative estimate of drug-likeness (QED) is 0.720. The molecule has 3 heteroatoms. The van der Waals surface area contributed by atoms with Gasteiger partial charge in [-0.2, -0.15) is 0 Å². The van der Waals surface area contributed by atoms with Crippen molar-refractivity contribution in [3.8, 4) is 0 Å². The van der Waals surface area contributed by atoms with E-state index >= 15 is 0 Å². The van der Waals surface area contributed by atoms with Crippen LogP contribution in [0.3, 0.4) is 0 Å². The Labute approximate surface area is 96.1 Å². The van der Waals surface area contributed by atoms with Crippen molar-refractivity contribution in [2.75, 3.05) is 6.61 Å². The fourth-order valence-electron chi connectivity index (χ4n) is 2.34. The predicted octanol–water partition coefficient (Wildman–Crippen LogP) is 2.43. The molecule has 0 unspecified atom stereocenters. The number of fused-ring (bicyclic) bond motifs is 1. The third-order valence-electron chi connectivity index (χ3n) is 3.35. The van der Waals surface area contributed by atoms with Crippen molar-refractivity contribution in [2.24, 2.45) is 11.3 Å². The lowest BCUT2D eigenvalue weighted by molar-refractivity contribution is -0.133. The van der Waals surface area contributed by atoms with Crippen molar-refractivity contribution >= 4 is 5.78 Å². The van der Waals surface area contributed by atoms with Crippen molar-refractivity contribution in [3.05, 3.63) is 24.0 Å². The van der Waals surface area contributed by atoms with Crippen LogP contribution >= 0.6 is 0 Å². The highest BCUT2D eigenvalue weighted by atomic mass is 16.7. The Morgan fingerprint density at radius 2 is 2.31 bits per heavy atom. The standard InChI is InChI=1S/C13H18O3/c1-4-15-12-7-10-9(8-16-12)11(14)5-6-13(10,2)3/h5-6,8,10,12H,4,7H2,1-3H3/t10-,12-/m0/s1. The molecule has 0 bridgehead atoms. The molecular weight excluding hydrogens is 204 g/mol. The van der Waals surface area contributed by atoms with Crippen molar-refractivity contribution in [1.82, 2.24) is 0 Å². The van der Waals surface area contributed by atoms with Gasteiger partial charge in [0.25, 0.3) is 0 Å². The largest absolute Gasteiger partial charge is 0.472 e. The van der Waals surface area contributed by atoms with Crippen molar-refractivity contribution in [2.45, 2.75) is 33.5 Å². The molecule has 0 saturated carbocycles. The molecule has 0 radical (unpaired) electrons. The molecule has 1 heterocycles. The second kappa shape index (κ2) is 4.06. The smallest absolute Gasteiger partial charge is 0.199 e. The third kappa shape index (κ3) is 1.92. The van der Waals surface area contributed by atoms with E-state index in [9.17, 15) is 4.79 Å². The zero-order valence-corrected chi connectivity index (χ0v) is 10.0.